The molecule has 0 bridgehead atoms. The van der Waals surface area contributed by atoms with Gasteiger partial charge in [0.15, 0.2) is 0 Å². The van der Waals surface area contributed by atoms with Crippen molar-refractivity contribution in [2.24, 2.45) is 0 Å². The number of hydrogen-bond acceptors (Lipinski definition) is 4. The summed E-state index contributed by atoms with van der Waals surface area (Å²) in [5.41, 5.74) is 2.61. The molecule has 1 aliphatic heterocycles. The molecule has 2 aromatic rings. The van der Waals surface area contributed by atoms with Gasteiger partial charge in [-0.3, -0.25) is 4.79 Å². The summed E-state index contributed by atoms with van der Waals surface area (Å²) in [7, 11) is 0. The standard InChI is InChI=1S/C22H28FN3O2/c1-4-26(16(2)3)19-8-5-17(6-9-19)22(27)24-18-7-10-21(20(23)15-18)25-11-13-28-14-12-25/h5-10,15-16H,4,11-14H2,1-3H3,(H,24,27). The third-order valence-electron chi connectivity index (χ3n) is 4.98. The molecule has 1 N–H and O–H groups in total. The second kappa shape index (κ2) is 9.06. The van der Waals surface area contributed by atoms with E-state index in [2.05, 4.69) is 31.0 Å². The van der Waals surface area contributed by atoms with Crippen LogP contribution in [0.5, 0.6) is 0 Å². The molecule has 1 amide bonds. The lowest BCUT2D eigenvalue weighted by molar-refractivity contribution is 0.102. The average molecular weight is 385 g/mol. The minimum Gasteiger partial charge on any atom is -0.378 e. The molecule has 6 heteroatoms. The van der Waals surface area contributed by atoms with Crippen molar-refractivity contribution in [2.75, 3.05) is 48.0 Å². The Kier molecular flexibility index (Phi) is 6.52. The molecule has 1 fully saturated rings. The van der Waals surface area contributed by atoms with Gasteiger partial charge >= 0.3 is 0 Å². The molecule has 0 aliphatic carbocycles. The molecule has 0 unspecified atom stereocenters. The summed E-state index contributed by atoms with van der Waals surface area (Å²) in [6, 6.07) is 12.7. The lowest BCUT2D eigenvalue weighted by atomic mass is 10.1. The zero-order valence-electron chi connectivity index (χ0n) is 16.7. The van der Waals surface area contributed by atoms with Crippen LogP contribution < -0.4 is 15.1 Å². The summed E-state index contributed by atoms with van der Waals surface area (Å²) in [5, 5.41) is 2.78. The second-order valence-corrected chi connectivity index (χ2v) is 7.15. The van der Waals surface area contributed by atoms with Crippen LogP contribution in [0.2, 0.25) is 0 Å². The van der Waals surface area contributed by atoms with E-state index in [1.807, 2.05) is 17.0 Å². The van der Waals surface area contributed by atoms with E-state index in [9.17, 15) is 9.18 Å². The van der Waals surface area contributed by atoms with Gasteiger partial charge in [-0.1, -0.05) is 0 Å². The normalized spacial score (nSPS) is 14.2. The number of carbonyl (C=O) groups is 1. The van der Waals surface area contributed by atoms with Gasteiger partial charge in [0, 0.05) is 42.6 Å². The van der Waals surface area contributed by atoms with Crippen molar-refractivity contribution >= 4 is 23.0 Å². The molecule has 28 heavy (non-hydrogen) atoms. The largest absolute Gasteiger partial charge is 0.378 e. The van der Waals surface area contributed by atoms with Gasteiger partial charge < -0.3 is 19.9 Å². The Labute approximate surface area is 166 Å². The first kappa shape index (κ1) is 20.1. The fraction of sp³-hybridized carbons (Fsp3) is 0.409. The van der Waals surface area contributed by atoms with E-state index < -0.39 is 0 Å². The van der Waals surface area contributed by atoms with E-state index in [4.69, 9.17) is 4.74 Å². The van der Waals surface area contributed by atoms with Gasteiger partial charge in [-0.05, 0) is 63.2 Å². The van der Waals surface area contributed by atoms with Crippen LogP contribution in [0.1, 0.15) is 31.1 Å². The molecule has 0 atom stereocenters. The van der Waals surface area contributed by atoms with E-state index in [1.165, 1.54) is 6.07 Å². The lowest BCUT2D eigenvalue weighted by Gasteiger charge is -2.29. The van der Waals surface area contributed by atoms with Crippen molar-refractivity contribution in [2.45, 2.75) is 26.8 Å². The zero-order chi connectivity index (χ0) is 20.1. The van der Waals surface area contributed by atoms with E-state index >= 15 is 0 Å². The van der Waals surface area contributed by atoms with E-state index in [0.717, 1.165) is 12.2 Å². The minimum atomic E-state index is -0.342. The van der Waals surface area contributed by atoms with Crippen LogP contribution in [-0.4, -0.2) is 44.8 Å². The maximum absolute atomic E-state index is 14.5. The minimum absolute atomic E-state index is 0.252. The number of hydrogen-bond donors (Lipinski definition) is 1. The maximum Gasteiger partial charge on any atom is 0.255 e. The second-order valence-electron chi connectivity index (χ2n) is 7.15. The summed E-state index contributed by atoms with van der Waals surface area (Å²) >= 11 is 0. The zero-order valence-corrected chi connectivity index (χ0v) is 16.7. The summed E-state index contributed by atoms with van der Waals surface area (Å²) in [4.78, 5) is 16.7. The Hall–Kier alpha value is -2.60. The van der Waals surface area contributed by atoms with Gasteiger partial charge in [0.1, 0.15) is 5.82 Å². The van der Waals surface area contributed by atoms with Gasteiger partial charge in [-0.15, -0.1) is 0 Å². The summed E-state index contributed by atoms with van der Waals surface area (Å²) in [6.45, 7) is 9.81. The Bertz CT molecular complexity index is 802. The lowest BCUT2D eigenvalue weighted by Crippen LogP contribution is -2.36. The van der Waals surface area contributed by atoms with Crippen LogP contribution >= 0.6 is 0 Å². The molecule has 0 spiro atoms. The highest BCUT2D eigenvalue weighted by atomic mass is 19.1. The van der Waals surface area contributed by atoms with Gasteiger partial charge in [-0.25, -0.2) is 4.39 Å². The van der Waals surface area contributed by atoms with Gasteiger partial charge in [0.2, 0.25) is 0 Å². The Balaban J connectivity index is 1.68. The van der Waals surface area contributed by atoms with E-state index in [1.54, 1.807) is 24.3 Å². The van der Waals surface area contributed by atoms with Crippen molar-refractivity contribution in [3.05, 3.63) is 53.8 Å². The number of ether oxygens (including phenoxy) is 1. The van der Waals surface area contributed by atoms with Crippen LogP contribution in [0.3, 0.4) is 0 Å². The monoisotopic (exact) mass is 385 g/mol. The van der Waals surface area contributed by atoms with Crippen molar-refractivity contribution < 1.29 is 13.9 Å². The highest BCUT2D eigenvalue weighted by Gasteiger charge is 2.16. The molecule has 0 saturated carbocycles. The number of halogens is 1. The molecule has 0 radical (unpaired) electrons. The number of benzene rings is 2. The molecule has 2 aromatic carbocycles. The highest BCUT2D eigenvalue weighted by Crippen LogP contribution is 2.24. The van der Waals surface area contributed by atoms with Crippen LogP contribution in [0.25, 0.3) is 0 Å². The van der Waals surface area contributed by atoms with E-state index in [0.29, 0.717) is 49.3 Å². The number of nitrogens with one attached hydrogen (secondary N) is 1. The number of nitrogens with zero attached hydrogens (tertiary/aromatic N) is 2. The first-order valence-electron chi connectivity index (χ1n) is 9.80. The van der Waals surface area contributed by atoms with Crippen molar-refractivity contribution in [1.29, 1.82) is 0 Å². The van der Waals surface area contributed by atoms with Crippen LogP contribution in [-0.2, 0) is 4.74 Å². The van der Waals surface area contributed by atoms with Gasteiger partial charge in [0.05, 0.1) is 18.9 Å². The molecule has 1 heterocycles. The Morgan fingerprint density at radius 2 is 1.86 bits per heavy atom. The molecule has 3 rings (SSSR count). The molecule has 1 aliphatic rings. The fourth-order valence-electron chi connectivity index (χ4n) is 3.50. The van der Waals surface area contributed by atoms with Crippen molar-refractivity contribution in [3.8, 4) is 0 Å². The SMILES string of the molecule is CCN(c1ccc(C(=O)Nc2ccc(N3CCOCC3)c(F)c2)cc1)C(C)C. The molecular weight excluding hydrogens is 357 g/mol. The van der Waals surface area contributed by atoms with E-state index in [-0.39, 0.29) is 11.7 Å². The Morgan fingerprint density at radius 1 is 1.18 bits per heavy atom. The Morgan fingerprint density at radius 3 is 2.43 bits per heavy atom. The van der Waals surface area contributed by atoms with Gasteiger partial charge in [-0.2, -0.15) is 0 Å². The first-order valence-corrected chi connectivity index (χ1v) is 9.80. The number of carbonyl (C=O) groups excluding carboxylic acids is 1. The first-order chi connectivity index (χ1) is 13.5. The van der Waals surface area contributed by atoms with Crippen LogP contribution in [0.15, 0.2) is 42.5 Å². The molecule has 150 valence electrons. The van der Waals surface area contributed by atoms with Crippen LogP contribution in [0.4, 0.5) is 21.5 Å². The predicted octanol–water partition coefficient (Wildman–Crippen LogP) is 4.15. The smallest absolute Gasteiger partial charge is 0.255 e. The highest BCUT2D eigenvalue weighted by molar-refractivity contribution is 6.04. The maximum atomic E-state index is 14.5. The van der Waals surface area contributed by atoms with Crippen molar-refractivity contribution in [1.82, 2.24) is 0 Å². The molecule has 1 saturated heterocycles. The quantitative estimate of drug-likeness (QED) is 0.811. The predicted molar refractivity (Wildman–Crippen MR) is 112 cm³/mol. The topological polar surface area (TPSA) is 44.8 Å². The number of amides is 1. The third kappa shape index (κ3) is 4.62. The van der Waals surface area contributed by atoms with Gasteiger partial charge in [0.25, 0.3) is 5.91 Å². The molecule has 0 aromatic heterocycles. The third-order valence-corrected chi connectivity index (χ3v) is 4.98. The number of anilines is 3. The number of morpholine rings is 1. The summed E-state index contributed by atoms with van der Waals surface area (Å²) in [5.74, 6) is -0.594. The van der Waals surface area contributed by atoms with Crippen molar-refractivity contribution in [3.63, 3.8) is 0 Å². The summed E-state index contributed by atoms with van der Waals surface area (Å²) < 4.78 is 19.8. The molecule has 5 nitrogen and oxygen atoms in total. The number of rotatable bonds is 6. The summed E-state index contributed by atoms with van der Waals surface area (Å²) in [6.07, 6.45) is 0. The average Bonchev–Trinajstić information content (AvgIpc) is 2.69. The van der Waals surface area contributed by atoms with Crippen LogP contribution in [0, 0.1) is 5.82 Å². The fourth-order valence-corrected chi connectivity index (χ4v) is 3.50. The molecular formula is C22H28FN3O2.